The Morgan fingerprint density at radius 1 is 1.20 bits per heavy atom. The normalized spacial score (nSPS) is 11.6. The maximum Gasteiger partial charge on any atom is 0.274 e. The van der Waals surface area contributed by atoms with E-state index in [-0.39, 0.29) is 30.0 Å². The van der Waals surface area contributed by atoms with Crippen LogP contribution in [0.5, 0.6) is 0 Å². The van der Waals surface area contributed by atoms with Crippen LogP contribution in [0, 0.1) is 0 Å². The van der Waals surface area contributed by atoms with E-state index in [2.05, 4.69) is 15.3 Å². The van der Waals surface area contributed by atoms with Gasteiger partial charge in [-0.1, -0.05) is 37.3 Å². The van der Waals surface area contributed by atoms with Gasteiger partial charge in [-0.05, 0) is 18.9 Å². The van der Waals surface area contributed by atoms with E-state index in [4.69, 9.17) is 0 Å². The molecule has 132 valence electrons. The number of rotatable bonds is 8. The monoisotopic (exact) mass is 340 g/mol. The number of nitrogens with one attached hydrogen (secondary N) is 1. The van der Waals surface area contributed by atoms with Crippen molar-refractivity contribution in [3.05, 3.63) is 60.2 Å². The van der Waals surface area contributed by atoms with Gasteiger partial charge in [0.2, 0.25) is 5.91 Å². The molecule has 1 N–H and O–H groups in total. The van der Waals surface area contributed by atoms with Crippen molar-refractivity contribution in [2.45, 2.75) is 39.3 Å². The van der Waals surface area contributed by atoms with Gasteiger partial charge in [-0.2, -0.15) is 0 Å². The van der Waals surface area contributed by atoms with Crippen molar-refractivity contribution in [1.82, 2.24) is 20.2 Å². The summed E-state index contributed by atoms with van der Waals surface area (Å²) >= 11 is 0. The van der Waals surface area contributed by atoms with Gasteiger partial charge in [0.25, 0.3) is 5.91 Å². The van der Waals surface area contributed by atoms with Gasteiger partial charge in [0.05, 0.1) is 6.20 Å². The lowest BCUT2D eigenvalue weighted by atomic mass is 10.2. The average molecular weight is 340 g/mol. The molecule has 0 spiro atoms. The molecule has 0 bridgehead atoms. The molecule has 0 fully saturated rings. The Kier molecular flexibility index (Phi) is 7.07. The summed E-state index contributed by atoms with van der Waals surface area (Å²) in [6, 6.07) is 9.82. The largest absolute Gasteiger partial charge is 0.354 e. The number of aromatic nitrogens is 2. The summed E-state index contributed by atoms with van der Waals surface area (Å²) in [4.78, 5) is 34.4. The van der Waals surface area contributed by atoms with Crippen LogP contribution in [-0.4, -0.2) is 39.3 Å². The number of benzene rings is 1. The van der Waals surface area contributed by atoms with Crippen LogP contribution in [0.4, 0.5) is 0 Å². The van der Waals surface area contributed by atoms with Gasteiger partial charge in [0.1, 0.15) is 5.69 Å². The highest BCUT2D eigenvalue weighted by Crippen LogP contribution is 2.09. The highest BCUT2D eigenvalue weighted by molar-refractivity contribution is 5.92. The molecule has 0 saturated carbocycles. The molecule has 0 saturated heterocycles. The third-order valence-corrected chi connectivity index (χ3v) is 3.91. The van der Waals surface area contributed by atoms with E-state index in [1.54, 1.807) is 4.90 Å². The maximum atomic E-state index is 12.7. The molecule has 1 aromatic heterocycles. The van der Waals surface area contributed by atoms with E-state index in [0.29, 0.717) is 13.1 Å². The van der Waals surface area contributed by atoms with Crippen molar-refractivity contribution in [2.75, 3.05) is 6.54 Å². The molecule has 0 radical (unpaired) electrons. The zero-order chi connectivity index (χ0) is 18.1. The van der Waals surface area contributed by atoms with Crippen molar-refractivity contribution >= 4 is 11.8 Å². The van der Waals surface area contributed by atoms with Gasteiger partial charge in [-0.15, -0.1) is 0 Å². The summed E-state index contributed by atoms with van der Waals surface area (Å²) in [5, 5.41) is 2.92. The molecule has 1 heterocycles. The lowest BCUT2D eigenvalue weighted by Gasteiger charge is -2.22. The van der Waals surface area contributed by atoms with Gasteiger partial charge < -0.3 is 10.2 Å². The maximum absolute atomic E-state index is 12.7. The minimum Gasteiger partial charge on any atom is -0.354 e. The summed E-state index contributed by atoms with van der Waals surface area (Å²) < 4.78 is 0. The molecule has 0 aliphatic rings. The van der Waals surface area contributed by atoms with Gasteiger partial charge in [-0.25, -0.2) is 4.98 Å². The Morgan fingerprint density at radius 3 is 2.60 bits per heavy atom. The molecular formula is C19H24N4O2. The number of carbonyl (C=O) groups is 2. The Balaban J connectivity index is 2.06. The van der Waals surface area contributed by atoms with Crippen LogP contribution < -0.4 is 5.32 Å². The summed E-state index contributed by atoms with van der Waals surface area (Å²) in [5.41, 5.74) is 1.28. The molecule has 2 aromatic rings. The summed E-state index contributed by atoms with van der Waals surface area (Å²) in [5.74, 6) is -0.285. The first-order chi connectivity index (χ1) is 12.1. The SMILES string of the molecule is CC[C@@H](C)NC(=O)CCN(Cc1ccccc1)C(=O)c1cnccn1. The lowest BCUT2D eigenvalue weighted by Crippen LogP contribution is -2.37. The van der Waals surface area contributed by atoms with Crippen molar-refractivity contribution in [2.24, 2.45) is 0 Å². The Labute approximate surface area is 148 Å². The van der Waals surface area contributed by atoms with Crippen LogP contribution in [0.2, 0.25) is 0 Å². The number of amides is 2. The summed E-state index contributed by atoms with van der Waals surface area (Å²) in [6.07, 6.45) is 5.59. The Bertz CT molecular complexity index is 676. The smallest absolute Gasteiger partial charge is 0.274 e. The minimum absolute atomic E-state index is 0.0562. The Morgan fingerprint density at radius 2 is 1.96 bits per heavy atom. The predicted molar refractivity (Wildman–Crippen MR) is 95.7 cm³/mol. The van der Waals surface area contributed by atoms with Gasteiger partial charge >= 0.3 is 0 Å². The highest BCUT2D eigenvalue weighted by Gasteiger charge is 2.19. The molecule has 6 heteroatoms. The molecule has 1 atom stereocenters. The molecule has 2 rings (SSSR count). The lowest BCUT2D eigenvalue weighted by molar-refractivity contribution is -0.121. The predicted octanol–water partition coefficient (Wildman–Crippen LogP) is 2.42. The van der Waals surface area contributed by atoms with Gasteiger partial charge in [-0.3, -0.25) is 14.6 Å². The molecule has 6 nitrogen and oxygen atoms in total. The minimum atomic E-state index is -0.228. The van der Waals surface area contributed by atoms with E-state index in [9.17, 15) is 9.59 Å². The summed E-state index contributed by atoms with van der Waals surface area (Å²) in [6.45, 7) is 4.73. The number of hydrogen-bond donors (Lipinski definition) is 1. The molecule has 1 aromatic carbocycles. The third kappa shape index (κ3) is 5.99. The first kappa shape index (κ1) is 18.6. The van der Waals surface area contributed by atoms with E-state index >= 15 is 0 Å². The van der Waals surface area contributed by atoms with Crippen LogP contribution in [0.25, 0.3) is 0 Å². The van der Waals surface area contributed by atoms with E-state index in [1.165, 1.54) is 18.6 Å². The number of carbonyl (C=O) groups excluding carboxylic acids is 2. The second-order valence-corrected chi connectivity index (χ2v) is 5.93. The van der Waals surface area contributed by atoms with Crippen molar-refractivity contribution < 1.29 is 9.59 Å². The molecule has 0 aliphatic heterocycles. The first-order valence-electron chi connectivity index (χ1n) is 8.48. The van der Waals surface area contributed by atoms with E-state index in [0.717, 1.165) is 12.0 Å². The fraction of sp³-hybridized carbons (Fsp3) is 0.368. The van der Waals surface area contributed by atoms with Crippen LogP contribution in [0.15, 0.2) is 48.9 Å². The van der Waals surface area contributed by atoms with Crippen molar-refractivity contribution in [1.29, 1.82) is 0 Å². The quantitative estimate of drug-likeness (QED) is 0.801. The van der Waals surface area contributed by atoms with Gasteiger partial charge in [0, 0.05) is 37.9 Å². The Hall–Kier alpha value is -2.76. The second kappa shape index (κ2) is 9.52. The third-order valence-electron chi connectivity index (χ3n) is 3.91. The molecular weight excluding hydrogens is 316 g/mol. The second-order valence-electron chi connectivity index (χ2n) is 5.93. The average Bonchev–Trinajstić information content (AvgIpc) is 2.66. The standard InChI is InChI=1S/C19H24N4O2/c1-3-15(2)22-18(24)9-12-23(14-16-7-5-4-6-8-16)19(25)17-13-20-10-11-21-17/h4-8,10-11,13,15H,3,9,12,14H2,1-2H3,(H,22,24)/t15-/m1/s1. The zero-order valence-corrected chi connectivity index (χ0v) is 14.7. The summed E-state index contributed by atoms with van der Waals surface area (Å²) in [7, 11) is 0. The fourth-order valence-corrected chi connectivity index (χ4v) is 2.31. The molecule has 25 heavy (non-hydrogen) atoms. The van der Waals surface area contributed by atoms with Crippen LogP contribution >= 0.6 is 0 Å². The van der Waals surface area contributed by atoms with E-state index in [1.807, 2.05) is 44.2 Å². The number of hydrogen-bond acceptors (Lipinski definition) is 4. The van der Waals surface area contributed by atoms with Crippen LogP contribution in [-0.2, 0) is 11.3 Å². The van der Waals surface area contributed by atoms with Gasteiger partial charge in [0.15, 0.2) is 0 Å². The van der Waals surface area contributed by atoms with Crippen LogP contribution in [0.1, 0.15) is 42.7 Å². The molecule has 0 aliphatic carbocycles. The fourth-order valence-electron chi connectivity index (χ4n) is 2.31. The van der Waals surface area contributed by atoms with E-state index < -0.39 is 0 Å². The molecule has 0 unspecified atom stereocenters. The highest BCUT2D eigenvalue weighted by atomic mass is 16.2. The zero-order valence-electron chi connectivity index (χ0n) is 14.7. The molecule has 2 amide bonds. The topological polar surface area (TPSA) is 75.2 Å². The first-order valence-corrected chi connectivity index (χ1v) is 8.48. The van der Waals surface area contributed by atoms with Crippen molar-refractivity contribution in [3.63, 3.8) is 0 Å². The van der Waals surface area contributed by atoms with Crippen LogP contribution in [0.3, 0.4) is 0 Å². The van der Waals surface area contributed by atoms with Crippen molar-refractivity contribution in [3.8, 4) is 0 Å². The number of nitrogens with zero attached hydrogens (tertiary/aromatic N) is 3.